The SMILES string of the molecule is CC(C)(C)OC(=O)N1CCCC1CNCCC(=O)NC1CC1. The molecule has 2 aliphatic rings. The van der Waals surface area contributed by atoms with E-state index in [4.69, 9.17) is 4.74 Å². The summed E-state index contributed by atoms with van der Waals surface area (Å²) in [5.41, 5.74) is -0.460. The third kappa shape index (κ3) is 5.83. The van der Waals surface area contributed by atoms with Crippen molar-refractivity contribution in [2.75, 3.05) is 19.6 Å². The van der Waals surface area contributed by atoms with Gasteiger partial charge in [0.15, 0.2) is 0 Å². The van der Waals surface area contributed by atoms with Gasteiger partial charge in [-0.3, -0.25) is 4.79 Å². The number of ether oxygens (including phenoxy) is 1. The zero-order valence-electron chi connectivity index (χ0n) is 14.0. The van der Waals surface area contributed by atoms with Crippen molar-refractivity contribution in [1.29, 1.82) is 0 Å². The molecule has 0 aromatic rings. The van der Waals surface area contributed by atoms with Crippen LogP contribution in [0.4, 0.5) is 4.79 Å². The molecule has 1 saturated carbocycles. The summed E-state index contributed by atoms with van der Waals surface area (Å²) < 4.78 is 5.44. The van der Waals surface area contributed by atoms with Gasteiger partial charge in [-0.2, -0.15) is 0 Å². The van der Waals surface area contributed by atoms with Gasteiger partial charge in [0.2, 0.25) is 5.91 Å². The quantitative estimate of drug-likeness (QED) is 0.732. The number of amides is 2. The Kier molecular flexibility index (Phi) is 5.67. The highest BCUT2D eigenvalue weighted by Gasteiger charge is 2.31. The maximum absolute atomic E-state index is 12.2. The molecule has 1 unspecified atom stereocenters. The molecule has 2 fully saturated rings. The van der Waals surface area contributed by atoms with Gasteiger partial charge in [-0.25, -0.2) is 4.79 Å². The maximum Gasteiger partial charge on any atom is 0.410 e. The molecule has 22 heavy (non-hydrogen) atoms. The fraction of sp³-hybridized carbons (Fsp3) is 0.875. The molecule has 1 aliphatic heterocycles. The molecule has 6 heteroatoms. The first-order chi connectivity index (χ1) is 10.3. The number of likely N-dealkylation sites (tertiary alicyclic amines) is 1. The molecule has 0 aromatic heterocycles. The number of hydrogen-bond donors (Lipinski definition) is 2. The van der Waals surface area contributed by atoms with Crippen molar-refractivity contribution < 1.29 is 14.3 Å². The van der Waals surface area contributed by atoms with Crippen molar-refractivity contribution in [3.05, 3.63) is 0 Å². The molecule has 1 heterocycles. The van der Waals surface area contributed by atoms with E-state index in [1.54, 1.807) is 0 Å². The first kappa shape index (κ1) is 17.1. The van der Waals surface area contributed by atoms with Gasteiger partial charge in [0.25, 0.3) is 0 Å². The zero-order valence-corrected chi connectivity index (χ0v) is 14.0. The Hall–Kier alpha value is -1.30. The van der Waals surface area contributed by atoms with Gasteiger partial charge in [0.05, 0.1) is 0 Å². The van der Waals surface area contributed by atoms with Crippen LogP contribution in [0.25, 0.3) is 0 Å². The summed E-state index contributed by atoms with van der Waals surface area (Å²) in [6.07, 6.45) is 4.49. The zero-order chi connectivity index (χ0) is 16.2. The fourth-order valence-electron chi connectivity index (χ4n) is 2.61. The summed E-state index contributed by atoms with van der Waals surface area (Å²) in [6.45, 7) is 7.77. The van der Waals surface area contributed by atoms with E-state index in [1.165, 1.54) is 0 Å². The average molecular weight is 311 g/mol. The Balaban J connectivity index is 1.65. The normalized spacial score (nSPS) is 21.8. The van der Waals surface area contributed by atoms with E-state index in [0.29, 0.717) is 19.0 Å². The molecule has 1 saturated heterocycles. The van der Waals surface area contributed by atoms with Gasteiger partial charge < -0.3 is 20.3 Å². The van der Waals surface area contributed by atoms with Crippen LogP contribution >= 0.6 is 0 Å². The first-order valence-electron chi connectivity index (χ1n) is 8.35. The third-order valence-electron chi connectivity index (χ3n) is 3.86. The molecule has 0 radical (unpaired) electrons. The second-order valence-electron chi connectivity index (χ2n) is 7.27. The summed E-state index contributed by atoms with van der Waals surface area (Å²) in [7, 11) is 0. The molecule has 1 atom stereocenters. The van der Waals surface area contributed by atoms with Gasteiger partial charge >= 0.3 is 6.09 Å². The van der Waals surface area contributed by atoms with Gasteiger partial charge in [-0.1, -0.05) is 0 Å². The molecule has 0 bridgehead atoms. The highest BCUT2D eigenvalue weighted by atomic mass is 16.6. The van der Waals surface area contributed by atoms with E-state index < -0.39 is 5.60 Å². The molecular formula is C16H29N3O3. The standard InChI is InChI=1S/C16H29N3O3/c1-16(2,3)22-15(21)19-10-4-5-13(19)11-17-9-8-14(20)18-12-6-7-12/h12-13,17H,4-11H2,1-3H3,(H,18,20). The van der Waals surface area contributed by atoms with Crippen LogP contribution in [0.3, 0.4) is 0 Å². The molecular weight excluding hydrogens is 282 g/mol. The lowest BCUT2D eigenvalue weighted by Gasteiger charge is -2.28. The molecule has 126 valence electrons. The third-order valence-corrected chi connectivity index (χ3v) is 3.86. The topological polar surface area (TPSA) is 70.7 Å². The number of nitrogens with one attached hydrogen (secondary N) is 2. The summed E-state index contributed by atoms with van der Waals surface area (Å²) >= 11 is 0. The molecule has 2 amide bonds. The Labute approximate surface area is 132 Å². The van der Waals surface area contributed by atoms with Crippen LogP contribution in [0, 0.1) is 0 Å². The van der Waals surface area contributed by atoms with E-state index in [-0.39, 0.29) is 18.0 Å². The molecule has 6 nitrogen and oxygen atoms in total. The fourth-order valence-corrected chi connectivity index (χ4v) is 2.61. The average Bonchev–Trinajstić information content (AvgIpc) is 3.07. The highest BCUT2D eigenvalue weighted by molar-refractivity contribution is 5.76. The van der Waals surface area contributed by atoms with Crippen LogP contribution in [0.15, 0.2) is 0 Å². The van der Waals surface area contributed by atoms with Crippen molar-refractivity contribution in [1.82, 2.24) is 15.5 Å². The van der Waals surface area contributed by atoms with Crippen LogP contribution < -0.4 is 10.6 Å². The minimum Gasteiger partial charge on any atom is -0.444 e. The maximum atomic E-state index is 12.2. The predicted octanol–water partition coefficient (Wildman–Crippen LogP) is 1.64. The predicted molar refractivity (Wildman–Crippen MR) is 84.6 cm³/mol. The number of nitrogens with zero attached hydrogens (tertiary/aromatic N) is 1. The second kappa shape index (κ2) is 7.31. The van der Waals surface area contributed by atoms with Crippen molar-refractivity contribution in [3.63, 3.8) is 0 Å². The van der Waals surface area contributed by atoms with E-state index in [0.717, 1.165) is 38.8 Å². The van der Waals surface area contributed by atoms with Crippen LogP contribution in [-0.4, -0.2) is 54.2 Å². The minimum atomic E-state index is -0.460. The molecule has 0 spiro atoms. The Bertz CT molecular complexity index is 402. The van der Waals surface area contributed by atoms with Crippen molar-refractivity contribution in [3.8, 4) is 0 Å². The van der Waals surface area contributed by atoms with Crippen LogP contribution in [0.1, 0.15) is 52.9 Å². The largest absolute Gasteiger partial charge is 0.444 e. The summed E-state index contributed by atoms with van der Waals surface area (Å²) in [5, 5.41) is 6.26. The van der Waals surface area contributed by atoms with Crippen LogP contribution in [0.5, 0.6) is 0 Å². The summed E-state index contributed by atoms with van der Waals surface area (Å²) in [4.78, 5) is 25.5. The molecule has 1 aliphatic carbocycles. The number of carbonyl (C=O) groups excluding carboxylic acids is 2. The minimum absolute atomic E-state index is 0.116. The van der Waals surface area contributed by atoms with Crippen molar-refractivity contribution >= 4 is 12.0 Å². The van der Waals surface area contributed by atoms with Gasteiger partial charge in [-0.15, -0.1) is 0 Å². The van der Waals surface area contributed by atoms with Crippen molar-refractivity contribution in [2.45, 2.75) is 70.6 Å². The lowest BCUT2D eigenvalue weighted by molar-refractivity contribution is -0.121. The van der Waals surface area contributed by atoms with Gasteiger partial charge in [0, 0.05) is 38.1 Å². The first-order valence-corrected chi connectivity index (χ1v) is 8.35. The van der Waals surface area contributed by atoms with Gasteiger partial charge in [-0.05, 0) is 46.5 Å². The number of hydrogen-bond acceptors (Lipinski definition) is 4. The highest BCUT2D eigenvalue weighted by Crippen LogP contribution is 2.20. The number of rotatable bonds is 6. The Morgan fingerprint density at radius 1 is 1.23 bits per heavy atom. The van der Waals surface area contributed by atoms with Crippen molar-refractivity contribution in [2.24, 2.45) is 0 Å². The molecule has 2 rings (SSSR count). The lowest BCUT2D eigenvalue weighted by Crippen LogP contribution is -2.44. The second-order valence-corrected chi connectivity index (χ2v) is 7.27. The molecule has 0 aromatic carbocycles. The van der Waals surface area contributed by atoms with Crippen LogP contribution in [0.2, 0.25) is 0 Å². The smallest absolute Gasteiger partial charge is 0.410 e. The van der Waals surface area contributed by atoms with E-state index in [2.05, 4.69) is 10.6 Å². The monoisotopic (exact) mass is 311 g/mol. The van der Waals surface area contributed by atoms with E-state index >= 15 is 0 Å². The van der Waals surface area contributed by atoms with E-state index in [1.807, 2.05) is 25.7 Å². The lowest BCUT2D eigenvalue weighted by atomic mass is 10.2. The summed E-state index contributed by atoms with van der Waals surface area (Å²) in [5.74, 6) is 0.116. The summed E-state index contributed by atoms with van der Waals surface area (Å²) in [6, 6.07) is 0.589. The van der Waals surface area contributed by atoms with E-state index in [9.17, 15) is 9.59 Å². The van der Waals surface area contributed by atoms with Gasteiger partial charge in [0.1, 0.15) is 5.60 Å². The number of carbonyl (C=O) groups is 2. The van der Waals surface area contributed by atoms with Crippen LogP contribution in [-0.2, 0) is 9.53 Å². The Morgan fingerprint density at radius 3 is 2.59 bits per heavy atom. The molecule has 2 N–H and O–H groups in total. The Morgan fingerprint density at radius 2 is 1.95 bits per heavy atom.